The van der Waals surface area contributed by atoms with Crippen LogP contribution >= 0.6 is 11.6 Å². The highest BCUT2D eigenvalue weighted by atomic mass is 35.5. The van der Waals surface area contributed by atoms with Gasteiger partial charge in [-0.05, 0) is 63.9 Å². The van der Waals surface area contributed by atoms with Crippen molar-refractivity contribution >= 4 is 17.5 Å². The predicted molar refractivity (Wildman–Crippen MR) is 83.4 cm³/mol. The smallest absolute Gasteiger partial charge is 0.254 e. The molecule has 20 heavy (non-hydrogen) atoms. The van der Waals surface area contributed by atoms with Gasteiger partial charge in [-0.15, -0.1) is 0 Å². The van der Waals surface area contributed by atoms with Crippen LogP contribution in [-0.2, 0) is 0 Å². The Morgan fingerprint density at radius 1 is 1.45 bits per heavy atom. The number of rotatable bonds is 4. The van der Waals surface area contributed by atoms with E-state index in [2.05, 4.69) is 5.32 Å². The number of nitrogens with zero attached hydrogens (tertiary/aromatic N) is 1. The highest BCUT2D eigenvalue weighted by Crippen LogP contribution is 2.25. The SMILES string of the molecule is CNCCC1CCCCN1C(=O)c1cccc(Cl)c1C. The molecule has 1 saturated heterocycles. The van der Waals surface area contributed by atoms with Gasteiger partial charge in [0.05, 0.1) is 0 Å². The minimum Gasteiger partial charge on any atom is -0.336 e. The summed E-state index contributed by atoms with van der Waals surface area (Å²) in [4.78, 5) is 14.8. The number of hydrogen-bond acceptors (Lipinski definition) is 2. The number of amides is 1. The van der Waals surface area contributed by atoms with Gasteiger partial charge in [-0.3, -0.25) is 4.79 Å². The molecule has 1 N–H and O–H groups in total. The fraction of sp³-hybridized carbons (Fsp3) is 0.562. The number of benzene rings is 1. The van der Waals surface area contributed by atoms with Crippen molar-refractivity contribution in [2.75, 3.05) is 20.1 Å². The van der Waals surface area contributed by atoms with E-state index < -0.39 is 0 Å². The van der Waals surface area contributed by atoms with E-state index >= 15 is 0 Å². The summed E-state index contributed by atoms with van der Waals surface area (Å²) < 4.78 is 0. The second kappa shape index (κ2) is 7.09. The van der Waals surface area contributed by atoms with Crippen molar-refractivity contribution in [3.8, 4) is 0 Å². The van der Waals surface area contributed by atoms with Gasteiger partial charge in [0.2, 0.25) is 0 Å². The van der Waals surface area contributed by atoms with Crippen LogP contribution in [0.15, 0.2) is 18.2 Å². The van der Waals surface area contributed by atoms with Gasteiger partial charge in [0.1, 0.15) is 0 Å². The van der Waals surface area contributed by atoms with Gasteiger partial charge >= 0.3 is 0 Å². The Bertz CT molecular complexity index is 476. The molecule has 1 aliphatic rings. The lowest BCUT2D eigenvalue weighted by Crippen LogP contribution is -2.45. The fourth-order valence-corrected chi connectivity index (χ4v) is 3.05. The molecule has 1 aliphatic heterocycles. The zero-order valence-electron chi connectivity index (χ0n) is 12.3. The maximum Gasteiger partial charge on any atom is 0.254 e. The third-order valence-electron chi connectivity index (χ3n) is 4.11. The van der Waals surface area contributed by atoms with Gasteiger partial charge in [0.15, 0.2) is 0 Å². The Labute approximate surface area is 126 Å². The van der Waals surface area contributed by atoms with Crippen molar-refractivity contribution in [3.63, 3.8) is 0 Å². The quantitative estimate of drug-likeness (QED) is 0.924. The Morgan fingerprint density at radius 3 is 3.00 bits per heavy atom. The molecule has 0 bridgehead atoms. The summed E-state index contributed by atoms with van der Waals surface area (Å²) in [7, 11) is 1.95. The summed E-state index contributed by atoms with van der Waals surface area (Å²) >= 11 is 6.14. The predicted octanol–water partition coefficient (Wildman–Crippen LogP) is 3.25. The van der Waals surface area contributed by atoms with E-state index in [9.17, 15) is 4.79 Å². The van der Waals surface area contributed by atoms with Crippen LogP contribution in [0.25, 0.3) is 0 Å². The summed E-state index contributed by atoms with van der Waals surface area (Å²) in [6.45, 7) is 3.73. The van der Waals surface area contributed by atoms with E-state index in [-0.39, 0.29) is 5.91 Å². The second-order valence-corrected chi connectivity index (χ2v) is 5.86. The van der Waals surface area contributed by atoms with Gasteiger partial charge in [0, 0.05) is 23.2 Å². The van der Waals surface area contributed by atoms with Crippen molar-refractivity contribution < 1.29 is 4.79 Å². The zero-order valence-corrected chi connectivity index (χ0v) is 13.0. The summed E-state index contributed by atoms with van der Waals surface area (Å²) in [5, 5.41) is 3.84. The molecule has 0 radical (unpaired) electrons. The number of carbonyl (C=O) groups excluding carboxylic acids is 1. The van der Waals surface area contributed by atoms with E-state index in [1.54, 1.807) is 0 Å². The largest absolute Gasteiger partial charge is 0.336 e. The van der Waals surface area contributed by atoms with Crippen LogP contribution in [-0.4, -0.2) is 37.0 Å². The molecule has 0 aliphatic carbocycles. The van der Waals surface area contributed by atoms with Crippen molar-refractivity contribution in [1.82, 2.24) is 10.2 Å². The van der Waals surface area contributed by atoms with Crippen LogP contribution in [0.1, 0.15) is 41.6 Å². The minimum absolute atomic E-state index is 0.130. The maximum atomic E-state index is 12.8. The normalized spacial score (nSPS) is 19.1. The average Bonchev–Trinajstić information content (AvgIpc) is 2.47. The first-order valence-electron chi connectivity index (χ1n) is 7.36. The Hall–Kier alpha value is -1.06. The van der Waals surface area contributed by atoms with Gasteiger partial charge in [-0.25, -0.2) is 0 Å². The summed E-state index contributed by atoms with van der Waals surface area (Å²) in [5.74, 6) is 0.130. The lowest BCUT2D eigenvalue weighted by Gasteiger charge is -2.36. The molecular weight excluding hydrogens is 272 g/mol. The van der Waals surface area contributed by atoms with E-state index in [0.717, 1.165) is 43.5 Å². The number of nitrogens with one attached hydrogen (secondary N) is 1. The van der Waals surface area contributed by atoms with E-state index in [1.165, 1.54) is 6.42 Å². The van der Waals surface area contributed by atoms with Crippen molar-refractivity contribution in [2.24, 2.45) is 0 Å². The summed E-state index contributed by atoms with van der Waals surface area (Å²) in [6, 6.07) is 5.92. The van der Waals surface area contributed by atoms with E-state index in [1.807, 2.05) is 37.1 Å². The molecule has 0 spiro atoms. The lowest BCUT2D eigenvalue weighted by molar-refractivity contribution is 0.0602. The van der Waals surface area contributed by atoms with Gasteiger partial charge in [-0.1, -0.05) is 17.7 Å². The van der Waals surface area contributed by atoms with E-state index in [0.29, 0.717) is 11.1 Å². The maximum absolute atomic E-state index is 12.8. The van der Waals surface area contributed by atoms with Crippen LogP contribution in [0.3, 0.4) is 0 Å². The third kappa shape index (κ3) is 3.33. The van der Waals surface area contributed by atoms with Crippen LogP contribution in [0.4, 0.5) is 0 Å². The number of piperidine rings is 1. The molecule has 2 rings (SSSR count). The van der Waals surface area contributed by atoms with Gasteiger partial charge in [-0.2, -0.15) is 0 Å². The molecule has 3 nitrogen and oxygen atoms in total. The topological polar surface area (TPSA) is 32.3 Å². The molecule has 1 aromatic rings. The number of hydrogen-bond donors (Lipinski definition) is 1. The Kier molecular flexibility index (Phi) is 5.44. The van der Waals surface area contributed by atoms with Crippen molar-refractivity contribution in [1.29, 1.82) is 0 Å². The first kappa shape index (κ1) is 15.3. The lowest BCUT2D eigenvalue weighted by atomic mass is 9.97. The molecule has 0 saturated carbocycles. The molecule has 1 atom stereocenters. The Balaban J connectivity index is 2.18. The molecule has 1 unspecified atom stereocenters. The van der Waals surface area contributed by atoms with Crippen molar-refractivity contribution in [3.05, 3.63) is 34.3 Å². The molecule has 1 heterocycles. The van der Waals surface area contributed by atoms with Crippen LogP contribution in [0, 0.1) is 6.92 Å². The molecule has 1 aromatic carbocycles. The molecule has 0 aromatic heterocycles. The summed E-state index contributed by atoms with van der Waals surface area (Å²) in [6.07, 6.45) is 4.43. The number of carbonyl (C=O) groups is 1. The van der Waals surface area contributed by atoms with Gasteiger partial charge in [0.25, 0.3) is 5.91 Å². The highest BCUT2D eigenvalue weighted by Gasteiger charge is 2.27. The van der Waals surface area contributed by atoms with Gasteiger partial charge < -0.3 is 10.2 Å². The standard InChI is InChI=1S/C16H23ClN2O/c1-12-14(7-5-8-15(12)17)16(20)19-11-4-3-6-13(19)9-10-18-2/h5,7-8,13,18H,3-4,6,9-11H2,1-2H3. The average molecular weight is 295 g/mol. The fourth-order valence-electron chi connectivity index (χ4n) is 2.87. The molecule has 110 valence electrons. The number of halogens is 1. The molecule has 4 heteroatoms. The first-order valence-corrected chi connectivity index (χ1v) is 7.73. The third-order valence-corrected chi connectivity index (χ3v) is 4.52. The molecule has 1 fully saturated rings. The van der Waals surface area contributed by atoms with E-state index in [4.69, 9.17) is 11.6 Å². The molecule has 1 amide bonds. The monoisotopic (exact) mass is 294 g/mol. The highest BCUT2D eigenvalue weighted by molar-refractivity contribution is 6.31. The van der Waals surface area contributed by atoms with Crippen LogP contribution in [0.5, 0.6) is 0 Å². The van der Waals surface area contributed by atoms with Crippen molar-refractivity contribution in [2.45, 2.75) is 38.6 Å². The summed E-state index contributed by atoms with van der Waals surface area (Å²) in [5.41, 5.74) is 1.63. The first-order chi connectivity index (χ1) is 9.65. The van der Waals surface area contributed by atoms with Crippen LogP contribution < -0.4 is 5.32 Å². The zero-order chi connectivity index (χ0) is 14.5. The second-order valence-electron chi connectivity index (χ2n) is 5.45. The van der Waals surface area contributed by atoms with Crippen LogP contribution in [0.2, 0.25) is 5.02 Å². The number of likely N-dealkylation sites (tertiary alicyclic amines) is 1. The minimum atomic E-state index is 0.130. The Morgan fingerprint density at radius 2 is 2.25 bits per heavy atom. The molecular formula is C16H23ClN2O.